The number of carbonyl (C=O) groups is 1. The lowest BCUT2D eigenvalue weighted by atomic mass is 10.00. The quantitative estimate of drug-likeness (QED) is 0.275. The van der Waals surface area contributed by atoms with E-state index in [1.54, 1.807) is 30.3 Å². The van der Waals surface area contributed by atoms with Crippen LogP contribution in [-0.2, 0) is 0 Å². The first-order valence-electron chi connectivity index (χ1n) is 9.61. The molecular formula is C25H19ClO5. The number of fused-ring (bicyclic) bond motifs is 1. The summed E-state index contributed by atoms with van der Waals surface area (Å²) in [7, 11) is 0. The van der Waals surface area contributed by atoms with Gasteiger partial charge in [0.05, 0.1) is 16.0 Å². The largest absolute Gasteiger partial charge is 0.460 e. The molecule has 4 rings (SSSR count). The van der Waals surface area contributed by atoms with Crippen molar-refractivity contribution in [3.63, 3.8) is 0 Å². The number of benzene rings is 3. The van der Waals surface area contributed by atoms with Crippen LogP contribution in [0.15, 0.2) is 70.1 Å². The normalized spacial score (nSPS) is 10.8. The van der Waals surface area contributed by atoms with E-state index in [1.807, 2.05) is 32.9 Å². The highest BCUT2D eigenvalue weighted by Gasteiger charge is 2.17. The lowest BCUT2D eigenvalue weighted by Gasteiger charge is -2.11. The minimum Gasteiger partial charge on any atom is -0.460 e. The van der Waals surface area contributed by atoms with Gasteiger partial charge in [-0.05, 0) is 56.2 Å². The maximum Gasteiger partial charge on any atom is 0.344 e. The van der Waals surface area contributed by atoms with E-state index in [-0.39, 0.29) is 22.5 Å². The first kappa shape index (κ1) is 20.7. The Hall–Kier alpha value is -3.57. The summed E-state index contributed by atoms with van der Waals surface area (Å²) in [6.45, 7) is 5.72. The van der Waals surface area contributed by atoms with Gasteiger partial charge in [0.25, 0.3) is 0 Å². The summed E-state index contributed by atoms with van der Waals surface area (Å²) in [6.07, 6.45) is 1.22. The fraction of sp³-hybridized carbons (Fsp3) is 0.120. The van der Waals surface area contributed by atoms with Crippen molar-refractivity contribution in [2.24, 2.45) is 0 Å². The number of hydrogen-bond acceptors (Lipinski definition) is 5. The van der Waals surface area contributed by atoms with Crippen molar-refractivity contribution in [1.82, 2.24) is 0 Å². The number of rotatable bonds is 4. The SMILES string of the molecule is Cc1cc(C)c(C(=O)Oc2ccc3c(=O)c(Oc4ccccc4Cl)coc3c2)c(C)c1. The molecule has 0 amide bonds. The molecule has 0 aliphatic heterocycles. The number of aryl methyl sites for hydroxylation is 3. The van der Waals surface area contributed by atoms with Crippen LogP contribution in [0.3, 0.4) is 0 Å². The summed E-state index contributed by atoms with van der Waals surface area (Å²) >= 11 is 6.09. The molecule has 5 nitrogen and oxygen atoms in total. The van der Waals surface area contributed by atoms with E-state index in [0.29, 0.717) is 21.7 Å². The Morgan fingerprint density at radius 3 is 2.35 bits per heavy atom. The van der Waals surface area contributed by atoms with E-state index in [9.17, 15) is 9.59 Å². The fourth-order valence-electron chi connectivity index (χ4n) is 3.53. The van der Waals surface area contributed by atoms with E-state index in [2.05, 4.69) is 0 Å². The van der Waals surface area contributed by atoms with Crippen molar-refractivity contribution in [2.45, 2.75) is 20.8 Å². The minimum atomic E-state index is -0.463. The van der Waals surface area contributed by atoms with E-state index < -0.39 is 5.97 Å². The summed E-state index contributed by atoms with van der Waals surface area (Å²) in [5.41, 5.74) is 3.21. The summed E-state index contributed by atoms with van der Waals surface area (Å²) in [6, 6.07) is 15.3. The predicted molar refractivity (Wildman–Crippen MR) is 120 cm³/mol. The molecular weight excluding hydrogens is 416 g/mol. The second-order valence-electron chi connectivity index (χ2n) is 7.28. The van der Waals surface area contributed by atoms with Crippen LogP contribution in [0, 0.1) is 20.8 Å². The van der Waals surface area contributed by atoms with Gasteiger partial charge in [0.2, 0.25) is 11.2 Å². The van der Waals surface area contributed by atoms with Gasteiger partial charge in [-0.25, -0.2) is 4.79 Å². The second-order valence-corrected chi connectivity index (χ2v) is 7.69. The van der Waals surface area contributed by atoms with Crippen molar-refractivity contribution >= 4 is 28.5 Å². The van der Waals surface area contributed by atoms with Gasteiger partial charge in [-0.2, -0.15) is 0 Å². The zero-order valence-corrected chi connectivity index (χ0v) is 17.9. The van der Waals surface area contributed by atoms with Crippen LogP contribution in [0.4, 0.5) is 0 Å². The third-order valence-corrected chi connectivity index (χ3v) is 5.17. The summed E-state index contributed by atoms with van der Waals surface area (Å²) < 4.78 is 16.7. The number of esters is 1. The lowest BCUT2D eigenvalue weighted by molar-refractivity contribution is 0.0733. The molecule has 1 aromatic heterocycles. The molecule has 0 radical (unpaired) electrons. The average molecular weight is 435 g/mol. The molecule has 0 saturated carbocycles. The van der Waals surface area contributed by atoms with Crippen molar-refractivity contribution in [3.8, 4) is 17.2 Å². The van der Waals surface area contributed by atoms with E-state index in [0.717, 1.165) is 16.7 Å². The number of ether oxygens (including phenoxy) is 2. The van der Waals surface area contributed by atoms with Gasteiger partial charge in [-0.1, -0.05) is 41.4 Å². The highest BCUT2D eigenvalue weighted by Crippen LogP contribution is 2.29. The van der Waals surface area contributed by atoms with Crippen LogP contribution in [0.1, 0.15) is 27.0 Å². The summed E-state index contributed by atoms with van der Waals surface area (Å²) in [5, 5.41) is 0.679. The molecule has 0 N–H and O–H groups in total. The lowest BCUT2D eigenvalue weighted by Crippen LogP contribution is -2.12. The van der Waals surface area contributed by atoms with Crippen LogP contribution in [-0.4, -0.2) is 5.97 Å². The topological polar surface area (TPSA) is 65.7 Å². The van der Waals surface area contributed by atoms with Gasteiger partial charge in [-0.15, -0.1) is 0 Å². The smallest absolute Gasteiger partial charge is 0.344 e. The molecule has 0 atom stereocenters. The number of para-hydroxylation sites is 1. The van der Waals surface area contributed by atoms with Crippen LogP contribution in [0.2, 0.25) is 5.02 Å². The maximum absolute atomic E-state index is 12.8. The van der Waals surface area contributed by atoms with E-state index >= 15 is 0 Å². The van der Waals surface area contributed by atoms with Crippen molar-refractivity contribution < 1.29 is 18.7 Å². The molecule has 0 fully saturated rings. The molecule has 6 heteroatoms. The monoisotopic (exact) mass is 434 g/mol. The van der Waals surface area contributed by atoms with Gasteiger partial charge < -0.3 is 13.9 Å². The minimum absolute atomic E-state index is 0.0104. The van der Waals surface area contributed by atoms with Gasteiger partial charge >= 0.3 is 5.97 Å². The summed E-state index contributed by atoms with van der Waals surface area (Å²) in [5.74, 6) is 0.177. The molecule has 4 aromatic rings. The van der Waals surface area contributed by atoms with Crippen molar-refractivity contribution in [1.29, 1.82) is 0 Å². The Kier molecular flexibility index (Phi) is 5.53. The summed E-state index contributed by atoms with van der Waals surface area (Å²) in [4.78, 5) is 25.5. The Bertz CT molecular complexity index is 1350. The first-order valence-corrected chi connectivity index (χ1v) is 9.99. The predicted octanol–water partition coefficient (Wildman–Crippen LogP) is 6.38. The maximum atomic E-state index is 12.8. The molecule has 1 heterocycles. The van der Waals surface area contributed by atoms with Crippen molar-refractivity contribution in [3.05, 3.63) is 98.4 Å². The van der Waals surface area contributed by atoms with Crippen LogP contribution in [0.5, 0.6) is 17.2 Å². The average Bonchev–Trinajstić information content (AvgIpc) is 2.71. The Morgan fingerprint density at radius 2 is 1.65 bits per heavy atom. The van der Waals surface area contributed by atoms with E-state index in [4.69, 9.17) is 25.5 Å². The van der Waals surface area contributed by atoms with Gasteiger partial charge in [0.1, 0.15) is 23.3 Å². The van der Waals surface area contributed by atoms with Crippen LogP contribution < -0.4 is 14.9 Å². The molecule has 0 bridgehead atoms. The van der Waals surface area contributed by atoms with E-state index in [1.165, 1.54) is 18.4 Å². The highest BCUT2D eigenvalue weighted by atomic mass is 35.5. The third kappa shape index (κ3) is 4.18. The fourth-order valence-corrected chi connectivity index (χ4v) is 3.71. The third-order valence-electron chi connectivity index (χ3n) is 4.86. The number of hydrogen-bond donors (Lipinski definition) is 0. The van der Waals surface area contributed by atoms with Crippen LogP contribution in [0.25, 0.3) is 11.0 Å². The molecule has 156 valence electrons. The molecule has 31 heavy (non-hydrogen) atoms. The Balaban J connectivity index is 1.63. The van der Waals surface area contributed by atoms with Gasteiger partial charge in [0, 0.05) is 6.07 Å². The van der Waals surface area contributed by atoms with Crippen molar-refractivity contribution in [2.75, 3.05) is 0 Å². The Morgan fingerprint density at radius 1 is 0.935 bits per heavy atom. The van der Waals surface area contributed by atoms with Gasteiger partial charge in [0.15, 0.2) is 0 Å². The van der Waals surface area contributed by atoms with Crippen LogP contribution >= 0.6 is 11.6 Å². The molecule has 3 aromatic carbocycles. The zero-order valence-electron chi connectivity index (χ0n) is 17.2. The molecule has 0 aliphatic rings. The second kappa shape index (κ2) is 8.28. The standard InChI is InChI=1S/C25H19ClO5/c1-14-10-15(2)23(16(3)11-14)25(28)30-17-8-9-18-21(12-17)29-13-22(24(18)27)31-20-7-5-4-6-19(20)26/h4-13H,1-3H3. The van der Waals surface area contributed by atoms with Gasteiger partial charge in [-0.3, -0.25) is 4.79 Å². The molecule has 0 unspecified atom stereocenters. The number of carbonyl (C=O) groups excluding carboxylic acids is 1. The highest BCUT2D eigenvalue weighted by molar-refractivity contribution is 6.32. The molecule has 0 aliphatic carbocycles. The molecule has 0 saturated heterocycles. The number of halogens is 1. The molecule has 0 spiro atoms. The Labute approximate surface area is 183 Å². The zero-order chi connectivity index (χ0) is 22.1. The first-order chi connectivity index (χ1) is 14.8.